The smallest absolute Gasteiger partial charge is 0.272 e. The number of oxime groups is 1. The van der Waals surface area contributed by atoms with Gasteiger partial charge in [-0.05, 0) is 19.1 Å². The van der Waals surface area contributed by atoms with E-state index in [-0.39, 0.29) is 11.8 Å². The molecular formula is C13H17N3O2. The van der Waals surface area contributed by atoms with E-state index in [1.165, 1.54) is 0 Å². The number of rotatable bonds is 1. The standard InChI is InChI=1S/C13H17N3O2/c1-9-8-16(7-6-11(9)15-18)13(17)12-5-3-4-10(2)14-12/h3-5,9,18H,6-8H2,1-2H3/b15-11+. The van der Waals surface area contributed by atoms with Crippen LogP contribution in [0.1, 0.15) is 29.5 Å². The summed E-state index contributed by atoms with van der Waals surface area (Å²) in [5, 5.41) is 12.1. The lowest BCUT2D eigenvalue weighted by molar-refractivity contribution is 0.0728. The van der Waals surface area contributed by atoms with Crippen molar-refractivity contribution in [3.05, 3.63) is 29.6 Å². The number of likely N-dealkylation sites (tertiary alicyclic amines) is 1. The zero-order chi connectivity index (χ0) is 13.1. The van der Waals surface area contributed by atoms with Crippen molar-refractivity contribution in [1.82, 2.24) is 9.88 Å². The minimum Gasteiger partial charge on any atom is -0.411 e. The van der Waals surface area contributed by atoms with Gasteiger partial charge >= 0.3 is 0 Å². The van der Waals surface area contributed by atoms with Crippen molar-refractivity contribution < 1.29 is 10.0 Å². The highest BCUT2D eigenvalue weighted by molar-refractivity contribution is 5.95. The van der Waals surface area contributed by atoms with Crippen molar-refractivity contribution >= 4 is 11.6 Å². The predicted octanol–water partition coefficient (Wildman–Crippen LogP) is 1.70. The van der Waals surface area contributed by atoms with Crippen molar-refractivity contribution in [2.24, 2.45) is 11.1 Å². The number of pyridine rings is 1. The summed E-state index contributed by atoms with van der Waals surface area (Å²) in [6.07, 6.45) is 0.620. The summed E-state index contributed by atoms with van der Waals surface area (Å²) in [6, 6.07) is 5.44. The van der Waals surface area contributed by atoms with E-state index in [0.29, 0.717) is 25.2 Å². The highest BCUT2D eigenvalue weighted by Crippen LogP contribution is 2.16. The van der Waals surface area contributed by atoms with E-state index in [1.54, 1.807) is 11.0 Å². The second-order valence-electron chi connectivity index (χ2n) is 4.66. The minimum atomic E-state index is -0.0532. The SMILES string of the molecule is Cc1cccc(C(=O)N2CC/C(=N\O)C(C)C2)n1. The lowest BCUT2D eigenvalue weighted by atomic mass is 9.97. The van der Waals surface area contributed by atoms with Gasteiger partial charge in [-0.2, -0.15) is 0 Å². The van der Waals surface area contributed by atoms with Crippen molar-refractivity contribution in [2.45, 2.75) is 20.3 Å². The Labute approximate surface area is 106 Å². The fraction of sp³-hybridized carbons (Fsp3) is 0.462. The lowest BCUT2D eigenvalue weighted by Gasteiger charge is -2.31. The van der Waals surface area contributed by atoms with Crippen LogP contribution < -0.4 is 0 Å². The molecule has 1 fully saturated rings. The van der Waals surface area contributed by atoms with E-state index in [9.17, 15) is 4.79 Å². The molecule has 1 N–H and O–H groups in total. The molecule has 1 aliphatic heterocycles. The molecule has 96 valence electrons. The largest absolute Gasteiger partial charge is 0.411 e. The van der Waals surface area contributed by atoms with Crippen LogP contribution in [0.4, 0.5) is 0 Å². The molecule has 0 radical (unpaired) electrons. The van der Waals surface area contributed by atoms with Gasteiger partial charge in [0, 0.05) is 31.1 Å². The third-order valence-electron chi connectivity index (χ3n) is 3.22. The number of nitrogens with zero attached hydrogens (tertiary/aromatic N) is 3. The number of amides is 1. The van der Waals surface area contributed by atoms with E-state index >= 15 is 0 Å². The highest BCUT2D eigenvalue weighted by atomic mass is 16.4. The van der Waals surface area contributed by atoms with Gasteiger partial charge in [0.1, 0.15) is 5.69 Å². The molecule has 5 heteroatoms. The number of carbonyl (C=O) groups excluding carboxylic acids is 1. The number of carbonyl (C=O) groups is 1. The first kappa shape index (κ1) is 12.5. The van der Waals surface area contributed by atoms with Crippen LogP contribution in [0.25, 0.3) is 0 Å². The Morgan fingerprint density at radius 3 is 2.94 bits per heavy atom. The Morgan fingerprint density at radius 2 is 2.33 bits per heavy atom. The summed E-state index contributed by atoms with van der Waals surface area (Å²) in [5.41, 5.74) is 2.08. The predicted molar refractivity (Wildman–Crippen MR) is 67.9 cm³/mol. The molecule has 0 bridgehead atoms. The van der Waals surface area contributed by atoms with Crippen LogP contribution >= 0.6 is 0 Å². The van der Waals surface area contributed by atoms with Gasteiger partial charge < -0.3 is 10.1 Å². The van der Waals surface area contributed by atoms with E-state index in [2.05, 4.69) is 10.1 Å². The van der Waals surface area contributed by atoms with Crippen LogP contribution in [0.2, 0.25) is 0 Å². The Hall–Kier alpha value is -1.91. The summed E-state index contributed by atoms with van der Waals surface area (Å²) >= 11 is 0. The van der Waals surface area contributed by atoms with Gasteiger partial charge in [0.25, 0.3) is 5.91 Å². The first-order valence-corrected chi connectivity index (χ1v) is 6.05. The van der Waals surface area contributed by atoms with Crippen LogP contribution in [0, 0.1) is 12.8 Å². The first-order valence-electron chi connectivity index (χ1n) is 6.05. The summed E-state index contributed by atoms with van der Waals surface area (Å²) in [6.45, 7) is 4.98. The normalized spacial score (nSPS) is 22.2. The Balaban J connectivity index is 2.12. The van der Waals surface area contributed by atoms with Gasteiger partial charge in [-0.1, -0.05) is 18.1 Å². The Kier molecular flexibility index (Phi) is 3.60. The maximum absolute atomic E-state index is 12.3. The fourth-order valence-electron chi connectivity index (χ4n) is 2.18. The van der Waals surface area contributed by atoms with Gasteiger partial charge in [-0.3, -0.25) is 4.79 Å². The zero-order valence-electron chi connectivity index (χ0n) is 10.6. The van der Waals surface area contributed by atoms with Crippen LogP contribution in [0.5, 0.6) is 0 Å². The molecule has 5 nitrogen and oxygen atoms in total. The second-order valence-corrected chi connectivity index (χ2v) is 4.66. The molecule has 1 aliphatic rings. The summed E-state index contributed by atoms with van der Waals surface area (Å²) in [5.74, 6) is 0.0417. The molecule has 1 amide bonds. The molecule has 0 aliphatic carbocycles. The van der Waals surface area contributed by atoms with Crippen molar-refractivity contribution in [3.8, 4) is 0 Å². The number of aromatic nitrogens is 1. The quantitative estimate of drug-likeness (QED) is 0.606. The molecular weight excluding hydrogens is 230 g/mol. The zero-order valence-corrected chi connectivity index (χ0v) is 10.6. The van der Waals surface area contributed by atoms with Crippen LogP contribution in [-0.4, -0.2) is 39.8 Å². The molecule has 1 saturated heterocycles. The molecule has 1 aromatic heterocycles. The minimum absolute atomic E-state index is 0.0532. The van der Waals surface area contributed by atoms with Crippen molar-refractivity contribution in [1.29, 1.82) is 0 Å². The number of hydrogen-bond acceptors (Lipinski definition) is 4. The topological polar surface area (TPSA) is 65.8 Å². The summed E-state index contributed by atoms with van der Waals surface area (Å²) < 4.78 is 0. The monoisotopic (exact) mass is 247 g/mol. The van der Waals surface area contributed by atoms with E-state index in [1.807, 2.05) is 26.0 Å². The van der Waals surface area contributed by atoms with Gasteiger partial charge in [-0.25, -0.2) is 4.98 Å². The van der Waals surface area contributed by atoms with Gasteiger partial charge in [0.05, 0.1) is 5.71 Å². The first-order chi connectivity index (χ1) is 8.61. The van der Waals surface area contributed by atoms with Gasteiger partial charge in [0.15, 0.2) is 0 Å². The number of hydrogen-bond donors (Lipinski definition) is 1. The van der Waals surface area contributed by atoms with Crippen LogP contribution in [-0.2, 0) is 0 Å². The van der Waals surface area contributed by atoms with Crippen LogP contribution in [0.15, 0.2) is 23.4 Å². The Bertz CT molecular complexity index is 485. The molecule has 0 aromatic carbocycles. The van der Waals surface area contributed by atoms with Gasteiger partial charge in [-0.15, -0.1) is 0 Å². The molecule has 0 saturated carbocycles. The van der Waals surface area contributed by atoms with Crippen molar-refractivity contribution in [2.75, 3.05) is 13.1 Å². The summed E-state index contributed by atoms with van der Waals surface area (Å²) in [4.78, 5) is 18.3. The Morgan fingerprint density at radius 1 is 1.56 bits per heavy atom. The number of piperidine rings is 1. The second kappa shape index (κ2) is 5.16. The average molecular weight is 247 g/mol. The average Bonchev–Trinajstić information content (AvgIpc) is 2.37. The molecule has 2 heterocycles. The molecule has 1 atom stereocenters. The maximum atomic E-state index is 12.3. The van der Waals surface area contributed by atoms with Crippen LogP contribution in [0.3, 0.4) is 0 Å². The number of aryl methyl sites for hydroxylation is 1. The third kappa shape index (κ3) is 2.50. The van der Waals surface area contributed by atoms with E-state index in [4.69, 9.17) is 5.21 Å². The molecule has 1 aromatic rings. The van der Waals surface area contributed by atoms with Crippen molar-refractivity contribution in [3.63, 3.8) is 0 Å². The third-order valence-corrected chi connectivity index (χ3v) is 3.22. The molecule has 2 rings (SSSR count). The molecule has 0 spiro atoms. The lowest BCUT2D eigenvalue weighted by Crippen LogP contribution is -2.43. The summed E-state index contributed by atoms with van der Waals surface area (Å²) in [7, 11) is 0. The maximum Gasteiger partial charge on any atom is 0.272 e. The molecule has 18 heavy (non-hydrogen) atoms. The van der Waals surface area contributed by atoms with Gasteiger partial charge in [0.2, 0.25) is 0 Å². The van der Waals surface area contributed by atoms with E-state index < -0.39 is 0 Å². The highest BCUT2D eigenvalue weighted by Gasteiger charge is 2.27. The fourth-order valence-corrected chi connectivity index (χ4v) is 2.18. The molecule has 1 unspecified atom stereocenters. The van der Waals surface area contributed by atoms with E-state index in [0.717, 1.165) is 11.4 Å².